The average Bonchev–Trinajstić information content (AvgIpc) is 2.26. The Morgan fingerprint density at radius 3 is 2.68 bits per heavy atom. The number of hydrogen-bond acceptors (Lipinski definition) is 4. The third kappa shape index (κ3) is 4.42. The van der Waals surface area contributed by atoms with Crippen LogP contribution in [0.1, 0.15) is 24.1 Å². The number of carboxylic acid groups (broad SMARTS) is 1. The van der Waals surface area contributed by atoms with Crippen molar-refractivity contribution < 1.29 is 19.4 Å². The molecule has 1 unspecified atom stereocenters. The van der Waals surface area contributed by atoms with Crippen LogP contribution in [0.3, 0.4) is 0 Å². The Morgan fingerprint density at radius 1 is 1.58 bits per heavy atom. The molecule has 0 radical (unpaired) electrons. The molecule has 7 nitrogen and oxygen atoms in total. The maximum absolute atomic E-state index is 11.3. The van der Waals surface area contributed by atoms with E-state index in [1.165, 1.54) is 24.5 Å². The van der Waals surface area contributed by atoms with Crippen LogP contribution in [-0.2, 0) is 16.9 Å². The lowest BCUT2D eigenvalue weighted by molar-refractivity contribution is -0.384. The number of nitrogens with zero attached hydrogens (tertiary/aromatic N) is 1. The van der Waals surface area contributed by atoms with Crippen LogP contribution in [-0.4, -0.2) is 26.9 Å². The molecule has 0 aliphatic rings. The molecule has 0 saturated carbocycles. The van der Waals surface area contributed by atoms with E-state index < -0.39 is 28.2 Å². The first kappa shape index (κ1) is 15.3. The summed E-state index contributed by atoms with van der Waals surface area (Å²) in [5.74, 6) is 0.142. The quantitative estimate of drug-likeness (QED) is 0.486. The zero-order valence-corrected chi connectivity index (χ0v) is 11.3. The third-order valence-electron chi connectivity index (χ3n) is 2.50. The van der Waals surface area contributed by atoms with Gasteiger partial charge in [0.15, 0.2) is 0 Å². The Hall–Kier alpha value is -1.80. The van der Waals surface area contributed by atoms with Gasteiger partial charge >= 0.3 is 6.09 Å². The van der Waals surface area contributed by atoms with Crippen LogP contribution in [0.2, 0.25) is 0 Å². The van der Waals surface area contributed by atoms with Crippen LogP contribution in [0.5, 0.6) is 0 Å². The van der Waals surface area contributed by atoms with Crippen LogP contribution in [0.25, 0.3) is 0 Å². The minimum atomic E-state index is -1.19. The number of non-ortho nitro benzene ring substituents is 1. The first-order chi connectivity index (χ1) is 8.81. The van der Waals surface area contributed by atoms with Crippen molar-refractivity contribution in [3.63, 3.8) is 0 Å². The zero-order chi connectivity index (χ0) is 14.6. The van der Waals surface area contributed by atoms with Gasteiger partial charge < -0.3 is 15.0 Å². The Labute approximate surface area is 113 Å². The average molecular weight is 286 g/mol. The van der Waals surface area contributed by atoms with E-state index in [1.807, 2.05) is 0 Å². The molecule has 2 N–H and O–H groups in total. The smallest absolute Gasteiger partial charge is 0.405 e. The molecule has 8 heteroatoms. The van der Waals surface area contributed by atoms with Crippen molar-refractivity contribution in [3.05, 3.63) is 39.4 Å². The first-order valence-corrected chi connectivity index (χ1v) is 7.10. The highest BCUT2D eigenvalue weighted by atomic mass is 32.2. The summed E-state index contributed by atoms with van der Waals surface area (Å²) in [7, 11) is 0. The Bertz CT molecular complexity index is 492. The summed E-state index contributed by atoms with van der Waals surface area (Å²) < 4.78 is 11.3. The highest BCUT2D eigenvalue weighted by Gasteiger charge is 2.18. The molecule has 0 fully saturated rings. The Balaban J connectivity index is 3.14. The van der Waals surface area contributed by atoms with Gasteiger partial charge in [0, 0.05) is 17.7 Å². The van der Waals surface area contributed by atoms with E-state index in [9.17, 15) is 19.5 Å². The minimum absolute atomic E-state index is 0.105. The van der Waals surface area contributed by atoms with Gasteiger partial charge in [-0.2, -0.15) is 0 Å². The van der Waals surface area contributed by atoms with Gasteiger partial charge in [0.25, 0.3) is 5.69 Å². The zero-order valence-electron chi connectivity index (χ0n) is 10.5. The summed E-state index contributed by atoms with van der Waals surface area (Å²) >= 11 is -1.18. The van der Waals surface area contributed by atoms with Crippen LogP contribution in [0, 0.1) is 10.1 Å². The van der Waals surface area contributed by atoms with Crippen molar-refractivity contribution in [2.24, 2.45) is 0 Å². The maximum Gasteiger partial charge on any atom is 0.405 e. The van der Waals surface area contributed by atoms with E-state index in [1.54, 1.807) is 6.92 Å². The molecule has 0 aliphatic heterocycles. The van der Waals surface area contributed by atoms with Crippen molar-refractivity contribution in [1.29, 1.82) is 0 Å². The molecular formula is C11H14N2O5S. The third-order valence-corrected chi connectivity index (χ3v) is 3.22. The highest BCUT2D eigenvalue weighted by Crippen LogP contribution is 2.24. The maximum atomic E-state index is 11.3. The summed E-state index contributed by atoms with van der Waals surface area (Å²) in [6.07, 6.45) is 0.298. The summed E-state index contributed by atoms with van der Waals surface area (Å²) in [5, 5.41) is 21.7. The van der Waals surface area contributed by atoms with E-state index >= 15 is 0 Å². The predicted octanol–water partition coefficient (Wildman–Crippen LogP) is 1.80. The molecule has 0 bridgehead atoms. The molecule has 1 amide bonds. The molecule has 0 spiro atoms. The van der Waals surface area contributed by atoms with Gasteiger partial charge in [-0.05, 0) is 18.6 Å². The first-order valence-electron chi connectivity index (χ1n) is 5.38. The second kappa shape index (κ2) is 6.39. The Kier molecular flexibility index (Phi) is 5.13. The number of rotatable bonds is 5. The lowest BCUT2D eigenvalue weighted by Gasteiger charge is -2.16. The number of nitro benzene ring substituents is 1. The normalized spacial score (nSPS) is 13.6. The molecule has 0 heterocycles. The SMILES string of the molecule is C[C@H](NC(=O)O)c1ccc([N+](=O)[O-])cc1C[S+](C)[O-]. The largest absolute Gasteiger partial charge is 0.616 e. The van der Waals surface area contributed by atoms with Gasteiger partial charge in [-0.1, -0.05) is 11.2 Å². The molecular weight excluding hydrogens is 272 g/mol. The van der Waals surface area contributed by atoms with E-state index in [4.69, 9.17) is 5.11 Å². The minimum Gasteiger partial charge on any atom is -0.616 e. The van der Waals surface area contributed by atoms with Crippen LogP contribution in [0.4, 0.5) is 10.5 Å². The fraction of sp³-hybridized carbons (Fsp3) is 0.364. The van der Waals surface area contributed by atoms with Crippen molar-refractivity contribution in [2.75, 3.05) is 6.26 Å². The molecule has 0 saturated heterocycles. The molecule has 2 atom stereocenters. The summed E-state index contributed by atoms with van der Waals surface area (Å²) in [6, 6.07) is 3.59. The van der Waals surface area contributed by atoms with Gasteiger partial charge in [0.1, 0.15) is 5.75 Å². The van der Waals surface area contributed by atoms with E-state index in [-0.39, 0.29) is 11.4 Å². The standard InChI is InChI=1S/C11H14N2O5S/c1-7(12-11(14)15)10-4-3-9(13(16)17)5-8(10)6-19(2)18/h3-5,7,12H,6H2,1-2H3,(H,14,15)/t7-,19?/m0/s1. The number of amides is 1. The summed E-state index contributed by atoms with van der Waals surface area (Å²) in [5.41, 5.74) is 0.992. The molecule has 0 aliphatic carbocycles. The van der Waals surface area contributed by atoms with E-state index in [2.05, 4.69) is 5.32 Å². The van der Waals surface area contributed by atoms with Crippen LogP contribution in [0.15, 0.2) is 18.2 Å². The Morgan fingerprint density at radius 2 is 2.21 bits per heavy atom. The van der Waals surface area contributed by atoms with Gasteiger partial charge in [-0.3, -0.25) is 10.1 Å². The molecule has 0 aromatic heterocycles. The topological polar surface area (TPSA) is 116 Å². The van der Waals surface area contributed by atoms with Gasteiger partial charge in [-0.15, -0.1) is 0 Å². The molecule has 19 heavy (non-hydrogen) atoms. The second-order valence-corrected chi connectivity index (χ2v) is 5.46. The van der Waals surface area contributed by atoms with E-state index in [0.717, 1.165) is 0 Å². The monoisotopic (exact) mass is 286 g/mol. The number of hydrogen-bond donors (Lipinski definition) is 2. The molecule has 1 aromatic rings. The lowest BCUT2D eigenvalue weighted by Crippen LogP contribution is -2.25. The van der Waals surface area contributed by atoms with Gasteiger partial charge in [0.2, 0.25) is 0 Å². The molecule has 1 rings (SSSR count). The summed E-state index contributed by atoms with van der Waals surface area (Å²) in [4.78, 5) is 20.8. The predicted molar refractivity (Wildman–Crippen MR) is 70.4 cm³/mol. The van der Waals surface area contributed by atoms with Gasteiger partial charge in [-0.25, -0.2) is 4.79 Å². The van der Waals surface area contributed by atoms with Crippen molar-refractivity contribution in [1.82, 2.24) is 5.32 Å². The fourth-order valence-electron chi connectivity index (χ4n) is 1.74. The fourth-order valence-corrected chi connectivity index (χ4v) is 2.42. The van der Waals surface area contributed by atoms with Crippen molar-refractivity contribution >= 4 is 23.0 Å². The summed E-state index contributed by atoms with van der Waals surface area (Å²) in [6.45, 7) is 1.62. The van der Waals surface area contributed by atoms with E-state index in [0.29, 0.717) is 11.1 Å². The molecule has 1 aromatic carbocycles. The highest BCUT2D eigenvalue weighted by molar-refractivity contribution is 7.89. The van der Waals surface area contributed by atoms with Crippen molar-refractivity contribution in [2.45, 2.75) is 18.7 Å². The lowest BCUT2D eigenvalue weighted by atomic mass is 10.0. The number of nitrogens with one attached hydrogen (secondary N) is 1. The number of nitro groups is 1. The van der Waals surface area contributed by atoms with Crippen LogP contribution < -0.4 is 5.32 Å². The van der Waals surface area contributed by atoms with Crippen LogP contribution >= 0.6 is 0 Å². The number of benzene rings is 1. The van der Waals surface area contributed by atoms with Gasteiger partial charge in [0.05, 0.1) is 17.2 Å². The van der Waals surface area contributed by atoms with Crippen molar-refractivity contribution in [3.8, 4) is 0 Å². The second-order valence-electron chi connectivity index (χ2n) is 4.03. The molecule has 104 valence electrons. The number of carbonyl (C=O) groups is 1.